The van der Waals surface area contributed by atoms with Gasteiger partial charge in [0, 0.05) is 5.56 Å². The third kappa shape index (κ3) is 1.72. The number of carbonyl (C=O) groups excluding carboxylic acids is 1. The van der Waals surface area contributed by atoms with Crippen LogP contribution in [0.25, 0.3) is 0 Å². The Labute approximate surface area is 99.9 Å². The van der Waals surface area contributed by atoms with Crippen LogP contribution < -0.4 is 4.74 Å². The number of rotatable bonds is 1. The van der Waals surface area contributed by atoms with Gasteiger partial charge in [-0.3, -0.25) is 4.79 Å². The molecule has 84 valence electrons. The summed E-state index contributed by atoms with van der Waals surface area (Å²) in [7, 11) is 0. The molecule has 2 aromatic carbocycles. The molecule has 0 saturated heterocycles. The van der Waals surface area contributed by atoms with Crippen molar-refractivity contribution >= 4 is 5.78 Å². The Morgan fingerprint density at radius 1 is 0.941 bits per heavy atom. The molecule has 1 aliphatic heterocycles. The van der Waals surface area contributed by atoms with Gasteiger partial charge >= 0.3 is 0 Å². The van der Waals surface area contributed by atoms with E-state index in [0.717, 1.165) is 16.9 Å². The number of hydrogen-bond acceptors (Lipinski definition) is 2. The zero-order valence-electron chi connectivity index (χ0n) is 9.30. The van der Waals surface area contributed by atoms with E-state index in [1.54, 1.807) is 0 Å². The molecule has 0 radical (unpaired) electrons. The second-order valence-corrected chi connectivity index (χ2v) is 4.14. The van der Waals surface area contributed by atoms with Gasteiger partial charge in [0.15, 0.2) is 5.78 Å². The molecule has 0 amide bonds. The highest BCUT2D eigenvalue weighted by atomic mass is 16.5. The van der Waals surface area contributed by atoms with Gasteiger partial charge in [0.25, 0.3) is 0 Å². The topological polar surface area (TPSA) is 26.3 Å². The molecule has 17 heavy (non-hydrogen) atoms. The molecule has 0 saturated carbocycles. The first-order valence-corrected chi connectivity index (χ1v) is 5.65. The molecule has 0 aromatic heterocycles. The van der Waals surface area contributed by atoms with Crippen molar-refractivity contribution in [1.29, 1.82) is 0 Å². The smallest absolute Gasteiger partial charge is 0.182 e. The Kier molecular flexibility index (Phi) is 2.41. The normalized spacial score (nSPS) is 18.4. The third-order valence-corrected chi connectivity index (χ3v) is 3.05. The van der Waals surface area contributed by atoms with Crippen molar-refractivity contribution in [3.8, 4) is 5.75 Å². The molecule has 0 spiro atoms. The van der Waals surface area contributed by atoms with Crippen molar-refractivity contribution in [2.24, 2.45) is 0 Å². The van der Waals surface area contributed by atoms with Crippen LogP contribution >= 0.6 is 0 Å². The molecule has 2 aromatic rings. The molecule has 2 heteroatoms. The first-order valence-electron chi connectivity index (χ1n) is 5.65. The molecular formula is C15H12O2. The number of ketones is 1. The minimum absolute atomic E-state index is 0.120. The molecule has 1 aliphatic rings. The Balaban J connectivity index is 2.13. The molecule has 3 rings (SSSR count). The van der Waals surface area contributed by atoms with Gasteiger partial charge in [-0.05, 0) is 11.6 Å². The lowest BCUT2D eigenvalue weighted by atomic mass is 9.86. The lowest BCUT2D eigenvalue weighted by molar-refractivity contribution is -0.122. The number of fused-ring (bicyclic) bond motifs is 1. The highest BCUT2D eigenvalue weighted by Crippen LogP contribution is 2.35. The van der Waals surface area contributed by atoms with Crippen molar-refractivity contribution < 1.29 is 9.53 Å². The Bertz CT molecular complexity index is 546. The van der Waals surface area contributed by atoms with E-state index in [1.807, 2.05) is 54.6 Å². The van der Waals surface area contributed by atoms with E-state index in [-0.39, 0.29) is 18.3 Å². The van der Waals surface area contributed by atoms with E-state index in [1.165, 1.54) is 0 Å². The van der Waals surface area contributed by atoms with Gasteiger partial charge in [-0.1, -0.05) is 48.5 Å². The average Bonchev–Trinajstić information content (AvgIpc) is 2.39. The van der Waals surface area contributed by atoms with Gasteiger partial charge < -0.3 is 4.74 Å². The Hall–Kier alpha value is -2.09. The maximum Gasteiger partial charge on any atom is 0.182 e. The fourth-order valence-electron chi connectivity index (χ4n) is 2.27. The van der Waals surface area contributed by atoms with Crippen molar-refractivity contribution in [3.05, 3.63) is 65.7 Å². The van der Waals surface area contributed by atoms with Crippen LogP contribution in [0.4, 0.5) is 0 Å². The van der Waals surface area contributed by atoms with Gasteiger partial charge in [0.2, 0.25) is 0 Å². The molecule has 0 fully saturated rings. The highest BCUT2D eigenvalue weighted by Gasteiger charge is 2.29. The SMILES string of the molecule is O=C1COc2ccccc2[C@@H]1c1ccccc1. The Morgan fingerprint density at radius 2 is 1.65 bits per heavy atom. The van der Waals surface area contributed by atoms with Crippen LogP contribution in [0.1, 0.15) is 17.0 Å². The number of carbonyl (C=O) groups is 1. The van der Waals surface area contributed by atoms with Crippen LogP contribution in [-0.2, 0) is 4.79 Å². The van der Waals surface area contributed by atoms with Crippen LogP contribution in [0.3, 0.4) is 0 Å². The predicted octanol–water partition coefficient (Wildman–Crippen LogP) is 2.78. The van der Waals surface area contributed by atoms with Crippen LogP contribution in [-0.4, -0.2) is 12.4 Å². The predicted molar refractivity (Wildman–Crippen MR) is 65.2 cm³/mol. The summed E-state index contributed by atoms with van der Waals surface area (Å²) in [5, 5.41) is 0. The fourth-order valence-corrected chi connectivity index (χ4v) is 2.27. The van der Waals surface area contributed by atoms with Crippen molar-refractivity contribution in [3.63, 3.8) is 0 Å². The van der Waals surface area contributed by atoms with Gasteiger partial charge in [-0.15, -0.1) is 0 Å². The standard InChI is InChI=1S/C15H12O2/c16-13-10-17-14-9-5-4-8-12(14)15(13)11-6-2-1-3-7-11/h1-9,15H,10H2/t15-/m0/s1. The van der Waals surface area contributed by atoms with Gasteiger partial charge in [-0.25, -0.2) is 0 Å². The van der Waals surface area contributed by atoms with Crippen LogP contribution in [0.15, 0.2) is 54.6 Å². The largest absolute Gasteiger partial charge is 0.485 e. The first-order chi connectivity index (χ1) is 8.36. The molecular weight excluding hydrogens is 212 g/mol. The number of hydrogen-bond donors (Lipinski definition) is 0. The Morgan fingerprint density at radius 3 is 2.47 bits per heavy atom. The lowest BCUT2D eigenvalue weighted by Gasteiger charge is -2.24. The second-order valence-electron chi connectivity index (χ2n) is 4.14. The van der Waals surface area contributed by atoms with Crippen molar-refractivity contribution in [2.45, 2.75) is 5.92 Å². The molecule has 1 atom stereocenters. The molecule has 0 bridgehead atoms. The summed E-state index contributed by atoms with van der Waals surface area (Å²) in [6.45, 7) is 0.163. The monoisotopic (exact) mass is 224 g/mol. The maximum absolute atomic E-state index is 12.0. The van der Waals surface area contributed by atoms with E-state index in [9.17, 15) is 4.79 Å². The van der Waals surface area contributed by atoms with Gasteiger partial charge in [-0.2, -0.15) is 0 Å². The minimum atomic E-state index is -0.179. The summed E-state index contributed by atoms with van der Waals surface area (Å²) in [5.74, 6) is 0.761. The number of benzene rings is 2. The zero-order chi connectivity index (χ0) is 11.7. The van der Waals surface area contributed by atoms with E-state index in [0.29, 0.717) is 0 Å². The van der Waals surface area contributed by atoms with E-state index < -0.39 is 0 Å². The summed E-state index contributed by atoms with van der Waals surface area (Å²) in [4.78, 5) is 12.0. The number of ether oxygens (including phenoxy) is 1. The summed E-state index contributed by atoms with van der Waals surface area (Å²) >= 11 is 0. The van der Waals surface area contributed by atoms with Crippen LogP contribution in [0.5, 0.6) is 5.75 Å². The number of para-hydroxylation sites is 1. The number of Topliss-reactive ketones (excluding diaryl/α,β-unsaturated/α-hetero) is 1. The van der Waals surface area contributed by atoms with E-state index >= 15 is 0 Å². The molecule has 0 aliphatic carbocycles. The lowest BCUT2D eigenvalue weighted by Crippen LogP contribution is -2.26. The molecule has 2 nitrogen and oxygen atoms in total. The molecule has 1 heterocycles. The van der Waals surface area contributed by atoms with E-state index in [4.69, 9.17) is 4.74 Å². The first kappa shape index (κ1) is 10.1. The molecule has 0 N–H and O–H groups in total. The van der Waals surface area contributed by atoms with Crippen molar-refractivity contribution in [1.82, 2.24) is 0 Å². The second kappa shape index (κ2) is 4.06. The third-order valence-electron chi connectivity index (χ3n) is 3.05. The quantitative estimate of drug-likeness (QED) is 0.744. The van der Waals surface area contributed by atoms with Crippen molar-refractivity contribution in [2.75, 3.05) is 6.61 Å². The maximum atomic E-state index is 12.0. The van der Waals surface area contributed by atoms with Crippen LogP contribution in [0, 0.1) is 0 Å². The highest BCUT2D eigenvalue weighted by molar-refractivity contribution is 5.92. The van der Waals surface area contributed by atoms with Crippen LogP contribution in [0.2, 0.25) is 0 Å². The summed E-state index contributed by atoms with van der Waals surface area (Å²) in [6.07, 6.45) is 0. The summed E-state index contributed by atoms with van der Waals surface area (Å²) in [5.41, 5.74) is 2.00. The average molecular weight is 224 g/mol. The van der Waals surface area contributed by atoms with Gasteiger partial charge in [0.1, 0.15) is 12.4 Å². The van der Waals surface area contributed by atoms with Gasteiger partial charge in [0.05, 0.1) is 5.92 Å². The minimum Gasteiger partial charge on any atom is -0.485 e. The fraction of sp³-hybridized carbons (Fsp3) is 0.133. The summed E-state index contributed by atoms with van der Waals surface area (Å²) < 4.78 is 5.44. The zero-order valence-corrected chi connectivity index (χ0v) is 9.30. The van der Waals surface area contributed by atoms with E-state index in [2.05, 4.69) is 0 Å². The summed E-state index contributed by atoms with van der Waals surface area (Å²) in [6, 6.07) is 17.6. The molecule has 0 unspecified atom stereocenters.